The molecule has 1 saturated heterocycles. The van der Waals surface area contributed by atoms with Gasteiger partial charge in [-0.1, -0.05) is 32.9 Å². The molecule has 1 aromatic carbocycles. The fourth-order valence-corrected chi connectivity index (χ4v) is 3.88. The Morgan fingerprint density at radius 3 is 2.48 bits per heavy atom. The average molecular weight is 401 g/mol. The lowest BCUT2D eigenvalue weighted by molar-refractivity contribution is -0.138. The summed E-state index contributed by atoms with van der Waals surface area (Å²) < 4.78 is 10.9. The quantitative estimate of drug-likeness (QED) is 0.628. The molecule has 1 unspecified atom stereocenters. The number of piperidine rings is 1. The summed E-state index contributed by atoms with van der Waals surface area (Å²) >= 11 is 0. The van der Waals surface area contributed by atoms with Gasteiger partial charge in [0.05, 0.1) is 25.3 Å². The number of benzene rings is 1. The van der Waals surface area contributed by atoms with E-state index in [4.69, 9.17) is 9.47 Å². The Bertz CT molecular complexity index is 770. The number of hydrogen-bond acceptors (Lipinski definition) is 5. The standard InChI is InChI=1S/C23H32N2O4/c1-16(2)15-29-19-9-7-18(8-10-19)20-21(24-11-5-6-17(3)14-24)23(27)25(22(20)26)12-13-28-4/h7-10,16-17H,5-6,11-15H2,1-4H3. The molecular weight excluding hydrogens is 368 g/mol. The van der Waals surface area contributed by atoms with Crippen molar-refractivity contribution in [3.63, 3.8) is 0 Å². The van der Waals surface area contributed by atoms with Gasteiger partial charge in [0.15, 0.2) is 0 Å². The van der Waals surface area contributed by atoms with Crippen LogP contribution in [0.4, 0.5) is 0 Å². The fraction of sp³-hybridized carbons (Fsp3) is 0.565. The van der Waals surface area contributed by atoms with Crippen LogP contribution in [-0.2, 0) is 14.3 Å². The summed E-state index contributed by atoms with van der Waals surface area (Å²) in [5.74, 6) is 1.25. The van der Waals surface area contributed by atoms with Crippen LogP contribution in [0, 0.1) is 11.8 Å². The molecule has 1 aromatic rings. The largest absolute Gasteiger partial charge is 0.493 e. The van der Waals surface area contributed by atoms with Crippen molar-refractivity contribution in [2.75, 3.05) is 40.0 Å². The molecule has 6 heteroatoms. The third-order valence-corrected chi connectivity index (χ3v) is 5.36. The number of carbonyl (C=O) groups is 2. The van der Waals surface area contributed by atoms with Gasteiger partial charge in [-0.05, 0) is 42.4 Å². The summed E-state index contributed by atoms with van der Waals surface area (Å²) in [4.78, 5) is 29.8. The maximum Gasteiger partial charge on any atom is 0.277 e. The summed E-state index contributed by atoms with van der Waals surface area (Å²) in [7, 11) is 1.57. The molecule has 2 amide bonds. The highest BCUT2D eigenvalue weighted by molar-refractivity contribution is 6.35. The average Bonchev–Trinajstić information content (AvgIpc) is 2.95. The van der Waals surface area contributed by atoms with E-state index in [0.29, 0.717) is 36.3 Å². The topological polar surface area (TPSA) is 59.1 Å². The highest BCUT2D eigenvalue weighted by Gasteiger charge is 2.41. The van der Waals surface area contributed by atoms with Crippen LogP contribution >= 0.6 is 0 Å². The SMILES string of the molecule is COCCN1C(=O)C(c2ccc(OCC(C)C)cc2)=C(N2CCCC(C)C2)C1=O. The number of methoxy groups -OCH3 is 1. The van der Waals surface area contributed by atoms with Gasteiger partial charge in [-0.15, -0.1) is 0 Å². The predicted molar refractivity (Wildman–Crippen MR) is 112 cm³/mol. The zero-order chi connectivity index (χ0) is 21.0. The smallest absolute Gasteiger partial charge is 0.277 e. The van der Waals surface area contributed by atoms with Gasteiger partial charge in [0.1, 0.15) is 11.4 Å². The number of amides is 2. The first-order valence-electron chi connectivity index (χ1n) is 10.5. The van der Waals surface area contributed by atoms with E-state index < -0.39 is 0 Å². The zero-order valence-electron chi connectivity index (χ0n) is 17.9. The molecule has 0 radical (unpaired) electrons. The van der Waals surface area contributed by atoms with Crippen LogP contribution in [-0.4, -0.2) is 61.6 Å². The van der Waals surface area contributed by atoms with Crippen LogP contribution in [0.5, 0.6) is 5.75 Å². The second kappa shape index (κ2) is 9.44. The van der Waals surface area contributed by atoms with Crippen molar-refractivity contribution in [3.8, 4) is 5.75 Å². The highest BCUT2D eigenvalue weighted by Crippen LogP contribution is 2.34. The molecule has 2 heterocycles. The van der Waals surface area contributed by atoms with Gasteiger partial charge in [-0.25, -0.2) is 0 Å². The Morgan fingerprint density at radius 1 is 1.14 bits per heavy atom. The van der Waals surface area contributed by atoms with Gasteiger partial charge >= 0.3 is 0 Å². The van der Waals surface area contributed by atoms with E-state index in [1.54, 1.807) is 7.11 Å². The molecule has 0 spiro atoms. The minimum atomic E-state index is -0.240. The molecule has 0 saturated carbocycles. The van der Waals surface area contributed by atoms with Crippen LogP contribution in [0.3, 0.4) is 0 Å². The molecule has 2 aliphatic heterocycles. The van der Waals surface area contributed by atoms with Crippen LogP contribution in [0.25, 0.3) is 5.57 Å². The lowest BCUT2D eigenvalue weighted by atomic mass is 9.97. The van der Waals surface area contributed by atoms with Crippen molar-refractivity contribution >= 4 is 17.4 Å². The number of rotatable bonds is 8. The lowest BCUT2D eigenvalue weighted by Crippen LogP contribution is -2.40. The molecule has 2 aliphatic rings. The van der Waals surface area contributed by atoms with E-state index in [1.807, 2.05) is 24.3 Å². The molecule has 0 aromatic heterocycles. The third kappa shape index (κ3) is 4.81. The van der Waals surface area contributed by atoms with Crippen molar-refractivity contribution in [1.29, 1.82) is 0 Å². The molecule has 1 fully saturated rings. The molecule has 158 valence electrons. The normalized spacial score (nSPS) is 20.2. The molecular formula is C23H32N2O4. The summed E-state index contributed by atoms with van der Waals surface area (Å²) in [5, 5.41) is 0. The van der Waals surface area contributed by atoms with Crippen LogP contribution < -0.4 is 4.74 Å². The van der Waals surface area contributed by atoms with E-state index in [2.05, 4.69) is 25.7 Å². The van der Waals surface area contributed by atoms with Crippen LogP contribution in [0.2, 0.25) is 0 Å². The maximum atomic E-state index is 13.2. The number of hydrogen-bond donors (Lipinski definition) is 0. The van der Waals surface area contributed by atoms with Crippen molar-refractivity contribution in [1.82, 2.24) is 9.80 Å². The van der Waals surface area contributed by atoms with Gasteiger partial charge in [-0.2, -0.15) is 0 Å². The van der Waals surface area contributed by atoms with Gasteiger partial charge in [-0.3, -0.25) is 14.5 Å². The number of nitrogens with zero attached hydrogens (tertiary/aromatic N) is 2. The summed E-state index contributed by atoms with van der Waals surface area (Å²) in [6.45, 7) is 9.22. The molecule has 0 N–H and O–H groups in total. The Labute approximate surface area is 173 Å². The van der Waals surface area contributed by atoms with Crippen molar-refractivity contribution in [2.45, 2.75) is 33.6 Å². The molecule has 29 heavy (non-hydrogen) atoms. The van der Waals surface area contributed by atoms with Gasteiger partial charge in [0.2, 0.25) is 0 Å². The molecule has 1 atom stereocenters. The van der Waals surface area contributed by atoms with E-state index in [9.17, 15) is 9.59 Å². The first kappa shape index (κ1) is 21.4. The minimum Gasteiger partial charge on any atom is -0.493 e. The predicted octanol–water partition coefficient (Wildman–Crippen LogP) is 3.18. The number of imide groups is 1. The second-order valence-electron chi connectivity index (χ2n) is 8.40. The van der Waals surface area contributed by atoms with E-state index in [-0.39, 0.29) is 18.4 Å². The molecule has 6 nitrogen and oxygen atoms in total. The Kier molecular flexibility index (Phi) is 6.96. The van der Waals surface area contributed by atoms with E-state index in [0.717, 1.165) is 37.2 Å². The second-order valence-corrected chi connectivity index (χ2v) is 8.40. The summed E-state index contributed by atoms with van der Waals surface area (Å²) in [6.07, 6.45) is 2.18. The zero-order valence-corrected chi connectivity index (χ0v) is 17.9. The van der Waals surface area contributed by atoms with Gasteiger partial charge < -0.3 is 14.4 Å². The molecule has 0 bridgehead atoms. The first-order valence-corrected chi connectivity index (χ1v) is 10.5. The summed E-state index contributed by atoms with van der Waals surface area (Å²) in [5.41, 5.74) is 1.79. The third-order valence-electron chi connectivity index (χ3n) is 5.36. The lowest BCUT2D eigenvalue weighted by Gasteiger charge is -2.33. The van der Waals surface area contributed by atoms with Gasteiger partial charge in [0.25, 0.3) is 11.8 Å². The highest BCUT2D eigenvalue weighted by atomic mass is 16.5. The summed E-state index contributed by atoms with van der Waals surface area (Å²) in [6, 6.07) is 7.50. The van der Waals surface area contributed by atoms with Gasteiger partial charge in [0, 0.05) is 20.2 Å². The maximum absolute atomic E-state index is 13.2. The molecule has 0 aliphatic carbocycles. The number of carbonyl (C=O) groups excluding carboxylic acids is 2. The van der Waals surface area contributed by atoms with Crippen molar-refractivity contribution < 1.29 is 19.1 Å². The molecule has 3 rings (SSSR count). The van der Waals surface area contributed by atoms with Crippen LogP contribution in [0.1, 0.15) is 39.2 Å². The Hall–Kier alpha value is -2.34. The number of likely N-dealkylation sites (tertiary alicyclic amines) is 1. The Balaban J connectivity index is 1.93. The minimum absolute atomic E-state index is 0.212. The monoisotopic (exact) mass is 400 g/mol. The fourth-order valence-electron chi connectivity index (χ4n) is 3.88. The van der Waals surface area contributed by atoms with E-state index >= 15 is 0 Å². The van der Waals surface area contributed by atoms with Crippen molar-refractivity contribution in [2.24, 2.45) is 11.8 Å². The van der Waals surface area contributed by atoms with E-state index in [1.165, 1.54) is 4.90 Å². The number of ether oxygens (including phenoxy) is 2. The Morgan fingerprint density at radius 2 is 1.86 bits per heavy atom. The van der Waals surface area contributed by atoms with Crippen LogP contribution in [0.15, 0.2) is 30.0 Å². The first-order chi connectivity index (χ1) is 13.9. The van der Waals surface area contributed by atoms with Crippen molar-refractivity contribution in [3.05, 3.63) is 35.5 Å².